The quantitative estimate of drug-likeness (QED) is 0.694. The lowest BCUT2D eigenvalue weighted by molar-refractivity contribution is 0.329. The lowest BCUT2D eigenvalue weighted by atomic mass is 10.1. The Morgan fingerprint density at radius 1 is 1.05 bits per heavy atom. The van der Waals surface area contributed by atoms with Crippen LogP contribution in [0.3, 0.4) is 0 Å². The molecular formula is C15H26N2O2. The highest BCUT2D eigenvalue weighted by Gasteiger charge is 2.05. The van der Waals surface area contributed by atoms with E-state index >= 15 is 0 Å². The van der Waals surface area contributed by atoms with Crippen molar-refractivity contribution in [2.24, 2.45) is 5.73 Å². The fourth-order valence-electron chi connectivity index (χ4n) is 1.99. The van der Waals surface area contributed by atoms with Crippen LogP contribution in [0, 0.1) is 0 Å². The fourth-order valence-corrected chi connectivity index (χ4v) is 1.99. The van der Waals surface area contributed by atoms with Crippen LogP contribution >= 0.6 is 0 Å². The third-order valence-electron chi connectivity index (χ3n) is 3.22. The number of nitrogens with two attached hydrogens (primary N) is 1. The van der Waals surface area contributed by atoms with Gasteiger partial charge in [0.1, 0.15) is 0 Å². The average Bonchev–Trinajstić information content (AvgIpc) is 2.45. The van der Waals surface area contributed by atoms with Gasteiger partial charge in [-0.05, 0) is 57.1 Å². The van der Waals surface area contributed by atoms with E-state index in [9.17, 15) is 0 Å². The topological polar surface area (TPSA) is 47.7 Å². The van der Waals surface area contributed by atoms with E-state index < -0.39 is 0 Å². The number of hydrogen-bond acceptors (Lipinski definition) is 4. The maximum absolute atomic E-state index is 5.49. The Kier molecular flexibility index (Phi) is 7.30. The summed E-state index contributed by atoms with van der Waals surface area (Å²) in [6.45, 7) is 2.92. The Balaban J connectivity index is 2.44. The monoisotopic (exact) mass is 266 g/mol. The van der Waals surface area contributed by atoms with E-state index in [1.165, 1.54) is 12.0 Å². The molecule has 0 bridgehead atoms. The third-order valence-corrected chi connectivity index (χ3v) is 3.22. The molecule has 19 heavy (non-hydrogen) atoms. The summed E-state index contributed by atoms with van der Waals surface area (Å²) in [5.41, 5.74) is 6.76. The van der Waals surface area contributed by atoms with Crippen molar-refractivity contribution in [1.29, 1.82) is 0 Å². The number of hydrogen-bond donors (Lipinski definition) is 1. The Morgan fingerprint density at radius 3 is 2.42 bits per heavy atom. The molecule has 2 N–H and O–H groups in total. The second-order valence-corrected chi connectivity index (χ2v) is 4.74. The van der Waals surface area contributed by atoms with Gasteiger partial charge in [-0.2, -0.15) is 0 Å². The molecule has 0 aliphatic rings. The number of ether oxygens (including phenoxy) is 2. The number of rotatable bonds is 9. The van der Waals surface area contributed by atoms with Crippen molar-refractivity contribution in [1.82, 2.24) is 4.90 Å². The first-order valence-electron chi connectivity index (χ1n) is 6.80. The van der Waals surface area contributed by atoms with Crippen LogP contribution in [-0.4, -0.2) is 45.8 Å². The summed E-state index contributed by atoms with van der Waals surface area (Å²) in [6, 6.07) is 6.10. The predicted octanol–water partition coefficient (Wildman–Crippen LogP) is 1.92. The van der Waals surface area contributed by atoms with Gasteiger partial charge in [-0.15, -0.1) is 0 Å². The van der Waals surface area contributed by atoms with Gasteiger partial charge in [0.2, 0.25) is 0 Å². The maximum atomic E-state index is 5.49. The molecule has 1 aromatic carbocycles. The lowest BCUT2D eigenvalue weighted by Crippen LogP contribution is -2.23. The minimum absolute atomic E-state index is 0.780. The summed E-state index contributed by atoms with van der Waals surface area (Å²) < 4.78 is 10.5. The molecule has 1 aromatic rings. The van der Waals surface area contributed by atoms with Gasteiger partial charge in [-0.25, -0.2) is 0 Å². The normalized spacial score (nSPS) is 10.8. The van der Waals surface area contributed by atoms with Crippen molar-refractivity contribution >= 4 is 0 Å². The van der Waals surface area contributed by atoms with Crippen LogP contribution in [0.2, 0.25) is 0 Å². The minimum atomic E-state index is 0.780. The molecule has 0 aromatic heterocycles. The van der Waals surface area contributed by atoms with E-state index in [4.69, 9.17) is 15.2 Å². The second kappa shape index (κ2) is 8.77. The molecule has 0 aliphatic carbocycles. The zero-order valence-corrected chi connectivity index (χ0v) is 12.3. The van der Waals surface area contributed by atoms with Crippen LogP contribution in [0.15, 0.2) is 18.2 Å². The maximum Gasteiger partial charge on any atom is 0.160 e. The minimum Gasteiger partial charge on any atom is -0.493 e. The average molecular weight is 266 g/mol. The molecule has 0 amide bonds. The first-order valence-corrected chi connectivity index (χ1v) is 6.80. The Labute approximate surface area is 116 Å². The Bertz CT molecular complexity index is 369. The predicted molar refractivity (Wildman–Crippen MR) is 79.0 cm³/mol. The molecule has 0 radical (unpaired) electrons. The summed E-state index contributed by atoms with van der Waals surface area (Å²) in [7, 11) is 5.47. The highest BCUT2D eigenvalue weighted by atomic mass is 16.5. The molecule has 1 rings (SSSR count). The van der Waals surface area contributed by atoms with E-state index in [0.717, 1.165) is 44.0 Å². The molecule has 0 fully saturated rings. The largest absolute Gasteiger partial charge is 0.493 e. The standard InChI is InChI=1S/C15H26N2O2/c1-17(10-5-4-9-16)11-8-13-6-7-14(18-2)15(12-13)19-3/h6-7,12H,4-5,8-11,16H2,1-3H3. The number of unbranched alkanes of at least 4 members (excludes halogenated alkanes) is 1. The molecule has 4 heteroatoms. The molecular weight excluding hydrogens is 240 g/mol. The van der Waals surface area contributed by atoms with E-state index in [0.29, 0.717) is 0 Å². The van der Waals surface area contributed by atoms with Gasteiger partial charge in [0, 0.05) is 6.54 Å². The Hall–Kier alpha value is -1.26. The molecule has 0 spiro atoms. The van der Waals surface area contributed by atoms with Crippen LogP contribution < -0.4 is 15.2 Å². The van der Waals surface area contributed by atoms with Gasteiger partial charge in [-0.1, -0.05) is 6.07 Å². The van der Waals surface area contributed by atoms with Crippen molar-refractivity contribution in [2.45, 2.75) is 19.3 Å². The molecule has 0 heterocycles. The zero-order valence-electron chi connectivity index (χ0n) is 12.3. The lowest BCUT2D eigenvalue weighted by Gasteiger charge is -2.16. The van der Waals surface area contributed by atoms with Crippen LogP contribution in [-0.2, 0) is 6.42 Å². The molecule has 0 saturated heterocycles. The van der Waals surface area contributed by atoms with Crippen molar-refractivity contribution in [2.75, 3.05) is 40.9 Å². The third kappa shape index (κ3) is 5.49. The van der Waals surface area contributed by atoms with E-state index in [1.54, 1.807) is 14.2 Å². The first kappa shape index (κ1) is 15.8. The van der Waals surface area contributed by atoms with Crippen LogP contribution in [0.25, 0.3) is 0 Å². The van der Waals surface area contributed by atoms with Gasteiger partial charge in [0.25, 0.3) is 0 Å². The summed E-state index contributed by atoms with van der Waals surface area (Å²) >= 11 is 0. The van der Waals surface area contributed by atoms with Gasteiger partial charge in [-0.3, -0.25) is 0 Å². The summed E-state index contributed by atoms with van der Waals surface area (Å²) in [6.07, 6.45) is 3.28. The Morgan fingerprint density at radius 2 is 1.79 bits per heavy atom. The number of nitrogens with zero attached hydrogens (tertiary/aromatic N) is 1. The summed E-state index contributed by atoms with van der Waals surface area (Å²) in [4.78, 5) is 2.34. The van der Waals surface area contributed by atoms with Crippen LogP contribution in [0.4, 0.5) is 0 Å². The van der Waals surface area contributed by atoms with Crippen molar-refractivity contribution in [3.63, 3.8) is 0 Å². The van der Waals surface area contributed by atoms with Gasteiger partial charge in [0.05, 0.1) is 14.2 Å². The summed E-state index contributed by atoms with van der Waals surface area (Å²) in [5, 5.41) is 0. The number of methoxy groups -OCH3 is 2. The van der Waals surface area contributed by atoms with E-state index in [1.807, 2.05) is 12.1 Å². The number of benzene rings is 1. The van der Waals surface area contributed by atoms with Crippen molar-refractivity contribution in [3.8, 4) is 11.5 Å². The zero-order chi connectivity index (χ0) is 14.1. The molecule has 0 saturated carbocycles. The van der Waals surface area contributed by atoms with E-state index in [2.05, 4.69) is 18.0 Å². The second-order valence-electron chi connectivity index (χ2n) is 4.74. The van der Waals surface area contributed by atoms with Crippen LogP contribution in [0.5, 0.6) is 11.5 Å². The summed E-state index contributed by atoms with van der Waals surface area (Å²) in [5.74, 6) is 1.58. The highest BCUT2D eigenvalue weighted by molar-refractivity contribution is 5.42. The molecule has 0 unspecified atom stereocenters. The molecule has 4 nitrogen and oxygen atoms in total. The van der Waals surface area contributed by atoms with Gasteiger partial charge < -0.3 is 20.1 Å². The van der Waals surface area contributed by atoms with Gasteiger partial charge in [0.15, 0.2) is 11.5 Å². The smallest absolute Gasteiger partial charge is 0.160 e. The van der Waals surface area contributed by atoms with Gasteiger partial charge >= 0.3 is 0 Å². The SMILES string of the molecule is COc1ccc(CCN(C)CCCCN)cc1OC. The van der Waals surface area contributed by atoms with Crippen molar-refractivity contribution in [3.05, 3.63) is 23.8 Å². The van der Waals surface area contributed by atoms with E-state index in [-0.39, 0.29) is 0 Å². The van der Waals surface area contributed by atoms with Crippen molar-refractivity contribution < 1.29 is 9.47 Å². The van der Waals surface area contributed by atoms with Crippen LogP contribution in [0.1, 0.15) is 18.4 Å². The fraction of sp³-hybridized carbons (Fsp3) is 0.600. The molecule has 0 atom stereocenters. The first-order chi connectivity index (χ1) is 9.21. The highest BCUT2D eigenvalue weighted by Crippen LogP contribution is 2.27. The molecule has 0 aliphatic heterocycles. The molecule has 108 valence electrons. The number of likely N-dealkylation sites (N-methyl/N-ethyl adjacent to an activating group) is 1.